The van der Waals surface area contributed by atoms with Crippen molar-refractivity contribution in [3.63, 3.8) is 0 Å². The third kappa shape index (κ3) is 3.50. The van der Waals surface area contributed by atoms with Crippen LogP contribution in [0, 0.1) is 17.5 Å². The van der Waals surface area contributed by atoms with E-state index in [0.717, 1.165) is 12.1 Å². The first-order chi connectivity index (χ1) is 14.3. The molecule has 0 spiro atoms. The Morgan fingerprint density at radius 1 is 1.10 bits per heavy atom. The minimum absolute atomic E-state index is 0.00229. The summed E-state index contributed by atoms with van der Waals surface area (Å²) in [6, 6.07) is 7.06. The van der Waals surface area contributed by atoms with Crippen molar-refractivity contribution < 1.29 is 27.9 Å². The number of halogens is 3. The third-order valence-electron chi connectivity index (χ3n) is 4.48. The van der Waals surface area contributed by atoms with Crippen LogP contribution in [0.3, 0.4) is 0 Å². The van der Waals surface area contributed by atoms with Gasteiger partial charge in [0.05, 0.1) is 6.20 Å². The molecule has 0 saturated carbocycles. The fourth-order valence-corrected chi connectivity index (χ4v) is 3.11. The molecule has 3 aromatic rings. The van der Waals surface area contributed by atoms with Gasteiger partial charge in [-0.05, 0) is 30.3 Å². The lowest BCUT2D eigenvalue weighted by Crippen LogP contribution is -2.26. The summed E-state index contributed by atoms with van der Waals surface area (Å²) in [5, 5.41) is 18.6. The number of hydrogen-bond donors (Lipinski definition) is 3. The average Bonchev–Trinajstić information content (AvgIpc) is 3.11. The number of hydrogen-bond acceptors (Lipinski definition) is 4. The SMILES string of the molecule is O=C(O)C1=C[C@@H](c2ccc(F)cc2F)n2ncc(C(=O)Nc3cccc(F)c3)c2N1. The van der Waals surface area contributed by atoms with Crippen molar-refractivity contribution in [1.29, 1.82) is 0 Å². The first-order valence-corrected chi connectivity index (χ1v) is 8.65. The molecule has 0 saturated heterocycles. The standard InChI is InChI=1S/C20H13F3N4O3/c21-10-2-1-3-12(6-10)25-19(28)14-9-24-27-17(8-16(20(29)30)26-18(14)27)13-5-4-11(22)7-15(13)23/h1-9,17,26H,(H,25,28)(H,29,30)/t17-/m0/s1. The van der Waals surface area contributed by atoms with Gasteiger partial charge in [-0.15, -0.1) is 0 Å². The average molecular weight is 414 g/mol. The first-order valence-electron chi connectivity index (χ1n) is 8.65. The summed E-state index contributed by atoms with van der Waals surface area (Å²) >= 11 is 0. The van der Waals surface area contributed by atoms with E-state index in [1.807, 2.05) is 0 Å². The summed E-state index contributed by atoms with van der Waals surface area (Å²) in [5.74, 6) is -4.26. The van der Waals surface area contributed by atoms with Crippen LogP contribution in [0.15, 0.2) is 60.4 Å². The van der Waals surface area contributed by atoms with E-state index in [0.29, 0.717) is 6.07 Å². The van der Waals surface area contributed by atoms with E-state index in [4.69, 9.17) is 0 Å². The van der Waals surface area contributed by atoms with Gasteiger partial charge in [0.2, 0.25) is 0 Å². The van der Waals surface area contributed by atoms with Crippen LogP contribution in [-0.4, -0.2) is 26.8 Å². The molecule has 2 heterocycles. The van der Waals surface area contributed by atoms with Gasteiger partial charge in [-0.2, -0.15) is 5.10 Å². The maximum Gasteiger partial charge on any atom is 0.352 e. The number of rotatable bonds is 4. The first kappa shape index (κ1) is 19.2. The molecule has 4 rings (SSSR count). The number of aromatic nitrogens is 2. The number of benzene rings is 2. The number of amides is 1. The summed E-state index contributed by atoms with van der Waals surface area (Å²) < 4.78 is 42.2. The minimum Gasteiger partial charge on any atom is -0.477 e. The van der Waals surface area contributed by atoms with E-state index in [1.54, 1.807) is 0 Å². The highest BCUT2D eigenvalue weighted by molar-refractivity contribution is 6.08. The molecule has 1 atom stereocenters. The van der Waals surface area contributed by atoms with Crippen LogP contribution in [0.5, 0.6) is 0 Å². The fraction of sp³-hybridized carbons (Fsp3) is 0.0500. The van der Waals surface area contributed by atoms with Crippen LogP contribution < -0.4 is 10.6 Å². The zero-order valence-corrected chi connectivity index (χ0v) is 15.1. The lowest BCUT2D eigenvalue weighted by Gasteiger charge is -2.24. The summed E-state index contributed by atoms with van der Waals surface area (Å²) in [7, 11) is 0. The largest absolute Gasteiger partial charge is 0.477 e. The van der Waals surface area contributed by atoms with Crippen molar-refractivity contribution in [3.8, 4) is 0 Å². The second-order valence-corrected chi connectivity index (χ2v) is 6.44. The molecule has 152 valence electrons. The molecule has 30 heavy (non-hydrogen) atoms. The van der Waals surface area contributed by atoms with Gasteiger partial charge in [0.1, 0.15) is 40.6 Å². The monoisotopic (exact) mass is 414 g/mol. The number of anilines is 2. The van der Waals surface area contributed by atoms with Gasteiger partial charge in [-0.25, -0.2) is 22.6 Å². The molecule has 2 aromatic carbocycles. The molecule has 1 amide bonds. The molecule has 1 aliphatic heterocycles. The van der Waals surface area contributed by atoms with Crippen molar-refractivity contribution in [1.82, 2.24) is 9.78 Å². The van der Waals surface area contributed by atoms with Crippen molar-refractivity contribution >= 4 is 23.4 Å². The third-order valence-corrected chi connectivity index (χ3v) is 4.48. The zero-order chi connectivity index (χ0) is 21.4. The van der Waals surface area contributed by atoms with Crippen molar-refractivity contribution in [2.45, 2.75) is 6.04 Å². The van der Waals surface area contributed by atoms with Crippen LogP contribution in [0.2, 0.25) is 0 Å². The summed E-state index contributed by atoms with van der Waals surface area (Å²) in [6.07, 6.45) is 2.37. The molecule has 0 bridgehead atoms. The molecule has 10 heteroatoms. The highest BCUT2D eigenvalue weighted by Gasteiger charge is 2.30. The van der Waals surface area contributed by atoms with Crippen LogP contribution in [0.25, 0.3) is 0 Å². The summed E-state index contributed by atoms with van der Waals surface area (Å²) in [4.78, 5) is 24.2. The quantitative estimate of drug-likeness (QED) is 0.607. The van der Waals surface area contributed by atoms with Crippen molar-refractivity contribution in [3.05, 3.63) is 89.0 Å². The fourth-order valence-electron chi connectivity index (χ4n) is 3.11. The highest BCUT2D eigenvalue weighted by atomic mass is 19.1. The van der Waals surface area contributed by atoms with Crippen LogP contribution >= 0.6 is 0 Å². The van der Waals surface area contributed by atoms with Crippen molar-refractivity contribution in [2.24, 2.45) is 0 Å². The number of nitrogens with one attached hydrogen (secondary N) is 2. The number of carboxylic acid groups (broad SMARTS) is 1. The van der Waals surface area contributed by atoms with Gasteiger partial charge in [0.15, 0.2) is 0 Å². The molecule has 1 aromatic heterocycles. The Balaban J connectivity index is 1.75. The second-order valence-electron chi connectivity index (χ2n) is 6.44. The molecular formula is C20H13F3N4O3. The van der Waals surface area contributed by atoms with Gasteiger partial charge in [-0.1, -0.05) is 12.1 Å². The number of carbonyl (C=O) groups excluding carboxylic acids is 1. The summed E-state index contributed by atoms with van der Waals surface area (Å²) in [6.45, 7) is 0. The Labute approximate surface area is 167 Å². The smallest absolute Gasteiger partial charge is 0.352 e. The topological polar surface area (TPSA) is 96.2 Å². The number of allylic oxidation sites excluding steroid dienone is 1. The molecule has 0 aliphatic carbocycles. The Bertz CT molecular complexity index is 1210. The summed E-state index contributed by atoms with van der Waals surface area (Å²) in [5.41, 5.74) is -0.195. The number of nitrogens with zero attached hydrogens (tertiary/aromatic N) is 2. The van der Waals surface area contributed by atoms with Gasteiger partial charge < -0.3 is 15.7 Å². The molecule has 1 aliphatic rings. The van der Waals surface area contributed by atoms with Gasteiger partial charge >= 0.3 is 5.97 Å². The molecule has 3 N–H and O–H groups in total. The Hall–Kier alpha value is -4.08. The highest BCUT2D eigenvalue weighted by Crippen LogP contribution is 2.33. The number of carboxylic acids is 1. The molecule has 0 fully saturated rings. The molecular weight excluding hydrogens is 401 g/mol. The van der Waals surface area contributed by atoms with Gasteiger partial charge in [0, 0.05) is 17.3 Å². The van der Waals surface area contributed by atoms with E-state index in [-0.39, 0.29) is 28.3 Å². The van der Waals surface area contributed by atoms with Gasteiger partial charge in [0.25, 0.3) is 5.91 Å². The van der Waals surface area contributed by atoms with E-state index < -0.39 is 35.4 Å². The number of fused-ring (bicyclic) bond motifs is 1. The minimum atomic E-state index is -1.34. The van der Waals surface area contributed by atoms with E-state index in [1.165, 1.54) is 41.2 Å². The van der Waals surface area contributed by atoms with E-state index in [9.17, 15) is 27.9 Å². The van der Waals surface area contributed by atoms with E-state index >= 15 is 0 Å². The van der Waals surface area contributed by atoms with Crippen LogP contribution in [-0.2, 0) is 4.79 Å². The molecule has 0 unspecified atom stereocenters. The van der Waals surface area contributed by atoms with Crippen LogP contribution in [0.1, 0.15) is 22.0 Å². The predicted octanol–water partition coefficient (Wildman–Crippen LogP) is 3.54. The molecule has 0 radical (unpaired) electrons. The van der Waals surface area contributed by atoms with Crippen LogP contribution in [0.4, 0.5) is 24.7 Å². The Morgan fingerprint density at radius 2 is 1.87 bits per heavy atom. The second kappa shape index (κ2) is 7.39. The number of aliphatic carboxylic acids is 1. The zero-order valence-electron chi connectivity index (χ0n) is 15.1. The van der Waals surface area contributed by atoms with Gasteiger partial charge in [-0.3, -0.25) is 4.79 Å². The maximum atomic E-state index is 14.4. The predicted molar refractivity (Wildman–Crippen MR) is 100 cm³/mol. The van der Waals surface area contributed by atoms with E-state index in [2.05, 4.69) is 15.7 Å². The van der Waals surface area contributed by atoms with Crippen molar-refractivity contribution in [2.75, 3.05) is 10.6 Å². The lowest BCUT2D eigenvalue weighted by atomic mass is 10.0. The Morgan fingerprint density at radius 3 is 2.57 bits per heavy atom. The maximum absolute atomic E-state index is 14.4. The lowest BCUT2D eigenvalue weighted by molar-refractivity contribution is -0.132. The number of carbonyl (C=O) groups is 2. The Kier molecular flexibility index (Phi) is 4.74. The normalized spacial score (nSPS) is 15.0. The molecule has 7 nitrogen and oxygen atoms in total.